The summed E-state index contributed by atoms with van der Waals surface area (Å²) in [6.45, 7) is 2.20. The van der Waals surface area contributed by atoms with E-state index in [1.54, 1.807) is 13.4 Å². The maximum atomic E-state index is 12.5. The Bertz CT molecular complexity index is 805. The molecule has 0 amide bonds. The van der Waals surface area contributed by atoms with Crippen LogP contribution in [0.5, 0.6) is 5.75 Å². The number of hydrogen-bond donors (Lipinski definition) is 0. The summed E-state index contributed by atoms with van der Waals surface area (Å²) in [5.74, 6) is 0.829. The summed E-state index contributed by atoms with van der Waals surface area (Å²) in [5.41, 5.74) is 3.51. The molecule has 0 aliphatic heterocycles. The first-order valence-electron chi connectivity index (χ1n) is 6.77. The largest absolute Gasteiger partial charge is 0.497 e. The SMILES string of the molecule is COc1ccc(C(=O)Cn2cnc3ccccc32)c(C)c1. The molecule has 0 unspecified atom stereocenters. The highest BCUT2D eigenvalue weighted by Gasteiger charge is 2.12. The van der Waals surface area contributed by atoms with E-state index in [0.717, 1.165) is 22.3 Å². The molecule has 1 heterocycles. The van der Waals surface area contributed by atoms with Gasteiger partial charge in [0.05, 0.1) is 31.0 Å². The predicted octanol–water partition coefficient (Wildman–Crippen LogP) is 3.24. The minimum atomic E-state index is 0.0679. The van der Waals surface area contributed by atoms with Crippen LogP contribution in [-0.4, -0.2) is 22.4 Å². The van der Waals surface area contributed by atoms with E-state index in [0.29, 0.717) is 5.56 Å². The number of carbonyl (C=O) groups is 1. The number of ether oxygens (including phenoxy) is 1. The van der Waals surface area contributed by atoms with Gasteiger partial charge < -0.3 is 9.30 Å². The van der Waals surface area contributed by atoms with Crippen molar-refractivity contribution in [3.63, 3.8) is 0 Å². The maximum Gasteiger partial charge on any atom is 0.182 e. The van der Waals surface area contributed by atoms with Gasteiger partial charge in [-0.3, -0.25) is 4.79 Å². The molecule has 0 atom stereocenters. The number of hydrogen-bond acceptors (Lipinski definition) is 3. The van der Waals surface area contributed by atoms with Gasteiger partial charge in [0.25, 0.3) is 0 Å². The zero-order valence-electron chi connectivity index (χ0n) is 12.0. The summed E-state index contributed by atoms with van der Waals surface area (Å²) in [7, 11) is 1.62. The quantitative estimate of drug-likeness (QED) is 0.689. The lowest BCUT2D eigenvalue weighted by Gasteiger charge is -2.08. The minimum Gasteiger partial charge on any atom is -0.497 e. The van der Waals surface area contributed by atoms with Gasteiger partial charge in [0, 0.05) is 5.56 Å². The van der Waals surface area contributed by atoms with Crippen molar-refractivity contribution >= 4 is 16.8 Å². The van der Waals surface area contributed by atoms with Crippen LogP contribution in [0, 0.1) is 6.92 Å². The van der Waals surface area contributed by atoms with Crippen molar-refractivity contribution in [3.05, 3.63) is 59.9 Å². The first-order chi connectivity index (χ1) is 10.2. The summed E-state index contributed by atoms with van der Waals surface area (Å²) in [6.07, 6.45) is 1.71. The Balaban J connectivity index is 1.89. The van der Waals surface area contributed by atoms with Gasteiger partial charge in [-0.2, -0.15) is 0 Å². The van der Waals surface area contributed by atoms with Crippen LogP contribution in [-0.2, 0) is 6.54 Å². The van der Waals surface area contributed by atoms with Crippen molar-refractivity contribution in [1.29, 1.82) is 0 Å². The monoisotopic (exact) mass is 280 g/mol. The van der Waals surface area contributed by atoms with E-state index in [2.05, 4.69) is 4.98 Å². The fourth-order valence-corrected chi connectivity index (χ4v) is 2.45. The van der Waals surface area contributed by atoms with Gasteiger partial charge in [0.2, 0.25) is 0 Å². The van der Waals surface area contributed by atoms with Crippen LogP contribution in [0.25, 0.3) is 11.0 Å². The van der Waals surface area contributed by atoms with Crippen molar-refractivity contribution in [2.45, 2.75) is 13.5 Å². The molecule has 3 rings (SSSR count). The number of Topliss-reactive ketones (excluding diaryl/α,β-unsaturated/α-hetero) is 1. The molecule has 106 valence electrons. The number of aryl methyl sites for hydroxylation is 1. The van der Waals surface area contributed by atoms with Crippen molar-refractivity contribution in [3.8, 4) is 5.75 Å². The topological polar surface area (TPSA) is 44.1 Å². The number of methoxy groups -OCH3 is 1. The number of imidazole rings is 1. The number of carbonyl (C=O) groups excluding carboxylic acids is 1. The first-order valence-corrected chi connectivity index (χ1v) is 6.77. The van der Waals surface area contributed by atoms with Crippen LogP contribution in [0.1, 0.15) is 15.9 Å². The van der Waals surface area contributed by atoms with Gasteiger partial charge in [0.1, 0.15) is 5.75 Å². The van der Waals surface area contributed by atoms with Crippen LogP contribution >= 0.6 is 0 Å². The third-order valence-electron chi connectivity index (χ3n) is 3.58. The lowest BCUT2D eigenvalue weighted by Crippen LogP contribution is -2.11. The molecule has 0 saturated carbocycles. The first kappa shape index (κ1) is 13.4. The summed E-state index contributed by atoms with van der Waals surface area (Å²) < 4.78 is 7.04. The average Bonchev–Trinajstić information content (AvgIpc) is 2.90. The molecule has 0 saturated heterocycles. The summed E-state index contributed by atoms with van der Waals surface area (Å²) >= 11 is 0. The van der Waals surface area contributed by atoms with E-state index in [-0.39, 0.29) is 12.3 Å². The van der Waals surface area contributed by atoms with Crippen molar-refractivity contribution in [2.24, 2.45) is 0 Å². The number of ketones is 1. The molecule has 0 bridgehead atoms. The van der Waals surface area contributed by atoms with Crippen molar-refractivity contribution in [2.75, 3.05) is 7.11 Å². The van der Waals surface area contributed by atoms with Gasteiger partial charge in [-0.05, 0) is 42.8 Å². The van der Waals surface area contributed by atoms with E-state index in [9.17, 15) is 4.79 Å². The molecule has 0 spiro atoms. The minimum absolute atomic E-state index is 0.0679. The Hall–Kier alpha value is -2.62. The van der Waals surface area contributed by atoms with E-state index < -0.39 is 0 Å². The Morgan fingerprint density at radius 3 is 2.81 bits per heavy atom. The van der Waals surface area contributed by atoms with E-state index in [1.165, 1.54) is 0 Å². The standard InChI is InChI=1S/C17H16N2O2/c1-12-9-13(21-2)7-8-14(12)17(20)10-19-11-18-15-5-3-4-6-16(15)19/h3-9,11H,10H2,1-2H3. The lowest BCUT2D eigenvalue weighted by molar-refractivity contribution is 0.0973. The molecular weight excluding hydrogens is 264 g/mol. The van der Waals surface area contributed by atoms with Gasteiger partial charge in [0.15, 0.2) is 5.78 Å². The Morgan fingerprint density at radius 2 is 2.05 bits per heavy atom. The second-order valence-corrected chi connectivity index (χ2v) is 4.97. The Morgan fingerprint density at radius 1 is 1.24 bits per heavy atom. The third kappa shape index (κ3) is 2.52. The molecule has 2 aromatic carbocycles. The molecular formula is C17H16N2O2. The number of para-hydroxylation sites is 2. The molecule has 0 aliphatic carbocycles. The van der Waals surface area contributed by atoms with Crippen molar-refractivity contribution < 1.29 is 9.53 Å². The van der Waals surface area contributed by atoms with Gasteiger partial charge in [-0.25, -0.2) is 4.98 Å². The van der Waals surface area contributed by atoms with Crippen LogP contribution in [0.3, 0.4) is 0 Å². The average molecular weight is 280 g/mol. The van der Waals surface area contributed by atoms with E-state index in [4.69, 9.17) is 4.74 Å². The molecule has 0 fully saturated rings. The maximum absolute atomic E-state index is 12.5. The molecule has 21 heavy (non-hydrogen) atoms. The van der Waals surface area contributed by atoms with Crippen LogP contribution in [0.4, 0.5) is 0 Å². The summed E-state index contributed by atoms with van der Waals surface area (Å²) in [5, 5.41) is 0. The normalized spacial score (nSPS) is 10.8. The smallest absolute Gasteiger partial charge is 0.182 e. The molecule has 4 nitrogen and oxygen atoms in total. The highest BCUT2D eigenvalue weighted by Crippen LogP contribution is 2.19. The zero-order chi connectivity index (χ0) is 14.8. The number of benzene rings is 2. The number of aromatic nitrogens is 2. The summed E-state index contributed by atoms with van der Waals surface area (Å²) in [4.78, 5) is 16.8. The zero-order valence-corrected chi connectivity index (χ0v) is 12.0. The second kappa shape index (κ2) is 5.40. The fourth-order valence-electron chi connectivity index (χ4n) is 2.45. The third-order valence-corrected chi connectivity index (χ3v) is 3.58. The number of fused-ring (bicyclic) bond motifs is 1. The number of nitrogens with zero attached hydrogens (tertiary/aromatic N) is 2. The lowest BCUT2D eigenvalue weighted by atomic mass is 10.0. The van der Waals surface area contributed by atoms with Crippen LogP contribution in [0.15, 0.2) is 48.8 Å². The predicted molar refractivity (Wildman–Crippen MR) is 81.8 cm³/mol. The van der Waals surface area contributed by atoms with Crippen LogP contribution in [0.2, 0.25) is 0 Å². The van der Waals surface area contributed by atoms with E-state index in [1.807, 2.05) is 54.0 Å². The van der Waals surface area contributed by atoms with Gasteiger partial charge in [-0.15, -0.1) is 0 Å². The highest BCUT2D eigenvalue weighted by atomic mass is 16.5. The van der Waals surface area contributed by atoms with Gasteiger partial charge >= 0.3 is 0 Å². The second-order valence-electron chi connectivity index (χ2n) is 4.97. The Labute approximate surface area is 123 Å². The molecule has 1 aromatic heterocycles. The van der Waals surface area contributed by atoms with Gasteiger partial charge in [-0.1, -0.05) is 12.1 Å². The van der Waals surface area contributed by atoms with E-state index >= 15 is 0 Å². The molecule has 0 aliphatic rings. The van der Waals surface area contributed by atoms with Crippen LogP contribution < -0.4 is 4.74 Å². The van der Waals surface area contributed by atoms with Crippen molar-refractivity contribution in [1.82, 2.24) is 9.55 Å². The molecule has 0 radical (unpaired) electrons. The molecule has 4 heteroatoms. The number of rotatable bonds is 4. The fraction of sp³-hybridized carbons (Fsp3) is 0.176. The highest BCUT2D eigenvalue weighted by molar-refractivity contribution is 5.98. The summed E-state index contributed by atoms with van der Waals surface area (Å²) in [6, 6.07) is 13.3. The Kier molecular flexibility index (Phi) is 3.44. The molecule has 0 N–H and O–H groups in total. The molecule has 3 aromatic rings.